The molecule has 0 heterocycles. The number of halogens is 12. The molecule has 0 unspecified atom stereocenters. The Kier molecular flexibility index (Phi) is 8.19. The fraction of sp³-hybridized carbons (Fsp3) is 0.400. The first kappa shape index (κ1) is 25.5. The van der Waals surface area contributed by atoms with Crippen molar-refractivity contribution in [1.29, 1.82) is 0 Å². The van der Waals surface area contributed by atoms with Crippen LogP contribution in [0.4, 0.5) is 52.7 Å². The Morgan fingerprint density at radius 1 is 0.556 bits per heavy atom. The number of carbonyl (C=O) groups is 2. The van der Waals surface area contributed by atoms with Gasteiger partial charge in [-0.1, -0.05) is 0 Å². The summed E-state index contributed by atoms with van der Waals surface area (Å²) in [4.78, 5) is 20.9. The summed E-state index contributed by atoms with van der Waals surface area (Å²) in [5.74, 6) is -11.4. The molecule has 0 bridgehead atoms. The van der Waals surface area contributed by atoms with Crippen LogP contribution < -0.4 is 0 Å². The van der Waals surface area contributed by atoms with Crippen molar-refractivity contribution in [3.63, 3.8) is 0 Å². The summed E-state index contributed by atoms with van der Waals surface area (Å²) in [5.41, 5.74) is 0. The maximum absolute atomic E-state index is 12.4. The van der Waals surface area contributed by atoms with Gasteiger partial charge in [0.25, 0.3) is 0 Å². The van der Waals surface area contributed by atoms with Crippen molar-refractivity contribution in [3.05, 3.63) is 23.7 Å². The van der Waals surface area contributed by atoms with E-state index in [9.17, 15) is 62.3 Å². The van der Waals surface area contributed by atoms with E-state index in [1.54, 1.807) is 0 Å². The second-order valence-corrected chi connectivity index (χ2v) is 6.26. The van der Waals surface area contributed by atoms with Crippen molar-refractivity contribution >= 4 is 36.7 Å². The summed E-state index contributed by atoms with van der Waals surface area (Å²) in [6, 6.07) is 0. The number of hydrogen-bond donors (Lipinski definition) is 0. The number of hydrogen-bond acceptors (Lipinski definition) is 4. The molecule has 27 heavy (non-hydrogen) atoms. The zero-order valence-corrected chi connectivity index (χ0v) is 15.7. The average Bonchev–Trinajstić information content (AvgIpc) is 2.40. The standard InChI is InChI=1S/2C5H2F6O2.Pb/c2*6-4(7,8)2(12)1-3(13)5(9,10)11;/h2*1,12H;/q;;+2/p-2/b2*2-1+;. The normalized spacial score (nSPS) is 14.8. The monoisotopic (exact) mass is 622 g/mol. The van der Waals surface area contributed by atoms with Crippen LogP contribution in [0.2, 0.25) is 0 Å². The van der Waals surface area contributed by atoms with Gasteiger partial charge in [0.2, 0.25) is 0 Å². The predicted octanol–water partition coefficient (Wildman–Crippen LogP) is 3.71. The quantitative estimate of drug-likeness (QED) is 0.197. The average molecular weight is 621 g/mol. The van der Waals surface area contributed by atoms with Crippen LogP contribution in [0.15, 0.2) is 23.7 Å². The van der Waals surface area contributed by atoms with Gasteiger partial charge < -0.3 is 0 Å². The first-order chi connectivity index (χ1) is 11.8. The van der Waals surface area contributed by atoms with Gasteiger partial charge in [0.05, 0.1) is 0 Å². The first-order valence-electron chi connectivity index (χ1n) is 5.65. The molecule has 17 heteroatoms. The molecule has 0 aliphatic carbocycles. The molecule has 0 saturated heterocycles. The Labute approximate surface area is 153 Å². The van der Waals surface area contributed by atoms with E-state index in [0.29, 0.717) is 0 Å². The summed E-state index contributed by atoms with van der Waals surface area (Å²) in [6.07, 6.45) is -25.2. The number of rotatable bonds is 6. The molecular formula is C10H2F12O4Pb. The van der Waals surface area contributed by atoms with Crippen molar-refractivity contribution in [2.24, 2.45) is 0 Å². The predicted molar refractivity (Wildman–Crippen MR) is 58.3 cm³/mol. The summed E-state index contributed by atoms with van der Waals surface area (Å²) in [7, 11) is 0. The van der Waals surface area contributed by atoms with E-state index < -0.39 is 85.1 Å². The molecule has 0 saturated carbocycles. The Morgan fingerprint density at radius 3 is 1.00 bits per heavy atom. The van der Waals surface area contributed by atoms with Gasteiger partial charge in [0.1, 0.15) is 0 Å². The third-order valence-corrected chi connectivity index (χ3v) is 4.30. The van der Waals surface area contributed by atoms with Crippen molar-refractivity contribution in [2.75, 3.05) is 0 Å². The Morgan fingerprint density at radius 2 is 0.815 bits per heavy atom. The SMILES string of the molecule is O=C(/C=C(/[O][Pb][O]/C(=C/C(=O)C(F)(F)F)C(F)(F)F)C(F)(F)F)C(F)(F)F. The molecule has 0 aliphatic heterocycles. The van der Waals surface area contributed by atoms with Crippen LogP contribution >= 0.6 is 0 Å². The first-order valence-corrected chi connectivity index (χ1v) is 8.82. The second-order valence-electron chi connectivity index (χ2n) is 4.02. The van der Waals surface area contributed by atoms with Gasteiger partial charge in [-0.2, -0.15) is 0 Å². The van der Waals surface area contributed by atoms with Crippen molar-refractivity contribution < 1.29 is 67.6 Å². The zero-order chi connectivity index (χ0) is 21.8. The van der Waals surface area contributed by atoms with E-state index in [0.717, 1.165) is 0 Å². The number of allylic oxidation sites excluding steroid dienone is 4. The van der Waals surface area contributed by atoms with E-state index in [4.69, 9.17) is 0 Å². The molecule has 0 spiro atoms. The molecule has 4 nitrogen and oxygen atoms in total. The molecule has 0 aromatic heterocycles. The number of ketones is 2. The van der Waals surface area contributed by atoms with E-state index in [2.05, 4.69) is 5.37 Å². The second kappa shape index (κ2) is 8.67. The van der Waals surface area contributed by atoms with Gasteiger partial charge in [-0.05, 0) is 0 Å². The third kappa shape index (κ3) is 9.31. The van der Waals surface area contributed by atoms with Gasteiger partial charge in [-0.3, -0.25) is 0 Å². The van der Waals surface area contributed by atoms with E-state index >= 15 is 0 Å². The third-order valence-electron chi connectivity index (χ3n) is 1.95. The molecule has 0 atom stereocenters. The molecule has 0 aromatic carbocycles. The van der Waals surface area contributed by atoms with Crippen molar-refractivity contribution in [2.45, 2.75) is 24.7 Å². The Hall–Kier alpha value is -1.50. The molecular weight excluding hydrogens is 619 g/mol. The summed E-state index contributed by atoms with van der Waals surface area (Å²) >= 11 is -4.19. The topological polar surface area (TPSA) is 52.6 Å². The molecule has 0 rings (SSSR count). The van der Waals surface area contributed by atoms with Gasteiger partial charge in [0.15, 0.2) is 0 Å². The van der Waals surface area contributed by atoms with Gasteiger partial charge >= 0.3 is 153 Å². The van der Waals surface area contributed by atoms with Crippen LogP contribution in [0.5, 0.6) is 0 Å². The van der Waals surface area contributed by atoms with Crippen LogP contribution in [-0.4, -0.2) is 61.4 Å². The zero-order valence-electron chi connectivity index (χ0n) is 11.8. The fourth-order valence-electron chi connectivity index (χ4n) is 0.851. The van der Waals surface area contributed by atoms with Crippen LogP contribution in [0.25, 0.3) is 0 Å². The molecule has 154 valence electrons. The van der Waals surface area contributed by atoms with Crippen molar-refractivity contribution in [3.8, 4) is 0 Å². The molecule has 0 aromatic rings. The fourth-order valence-corrected chi connectivity index (χ4v) is 3.07. The minimum atomic E-state index is -5.76. The summed E-state index contributed by atoms with van der Waals surface area (Å²) < 4.78 is 153. The minimum absolute atomic E-state index is 1.10. The molecule has 0 fully saturated rings. The Balaban J connectivity index is 5.43. The van der Waals surface area contributed by atoms with Gasteiger partial charge in [-0.25, -0.2) is 0 Å². The van der Waals surface area contributed by atoms with Crippen LogP contribution in [0.1, 0.15) is 0 Å². The molecule has 0 N–H and O–H groups in total. The van der Waals surface area contributed by atoms with Crippen molar-refractivity contribution in [1.82, 2.24) is 0 Å². The van der Waals surface area contributed by atoms with Gasteiger partial charge in [-0.15, -0.1) is 0 Å². The van der Waals surface area contributed by atoms with E-state index in [-0.39, 0.29) is 0 Å². The van der Waals surface area contributed by atoms with Crippen LogP contribution in [-0.2, 0) is 15.0 Å². The molecule has 0 aliphatic rings. The Bertz CT molecular complexity index is 568. The van der Waals surface area contributed by atoms with E-state index in [1.807, 2.05) is 0 Å². The van der Waals surface area contributed by atoms with Crippen LogP contribution in [0, 0.1) is 0 Å². The van der Waals surface area contributed by atoms with E-state index in [1.165, 1.54) is 0 Å². The number of alkyl halides is 12. The van der Waals surface area contributed by atoms with Crippen LogP contribution in [0.3, 0.4) is 0 Å². The molecule has 0 amide bonds. The summed E-state index contributed by atoms with van der Waals surface area (Å²) in [6.45, 7) is 0. The number of carbonyl (C=O) groups excluding carboxylic acids is 2. The maximum atomic E-state index is 12.4. The molecule has 2 radical (unpaired) electrons. The van der Waals surface area contributed by atoms with Gasteiger partial charge in [0, 0.05) is 0 Å². The summed E-state index contributed by atoms with van der Waals surface area (Å²) in [5, 5.41) is 0.